The van der Waals surface area contributed by atoms with Crippen LogP contribution in [0.2, 0.25) is 0 Å². The normalized spacial score (nSPS) is 19.9. The van der Waals surface area contributed by atoms with E-state index in [1.54, 1.807) is 13.8 Å². The molecule has 1 aliphatic heterocycles. The summed E-state index contributed by atoms with van der Waals surface area (Å²) in [6, 6.07) is -1.06. The van der Waals surface area contributed by atoms with Gasteiger partial charge in [-0.3, -0.25) is 4.79 Å². The first kappa shape index (κ1) is 15.3. The average molecular weight is 272 g/mol. The van der Waals surface area contributed by atoms with Crippen LogP contribution < -0.4 is 5.32 Å². The first-order chi connectivity index (χ1) is 8.93. The van der Waals surface area contributed by atoms with E-state index < -0.39 is 18.0 Å². The number of carboxylic acids is 1. The zero-order valence-corrected chi connectivity index (χ0v) is 11.2. The summed E-state index contributed by atoms with van der Waals surface area (Å²) in [5.41, 5.74) is 0. The first-order valence-corrected chi connectivity index (χ1v) is 6.37. The minimum Gasteiger partial charge on any atom is -0.481 e. The van der Waals surface area contributed by atoms with Crippen LogP contribution in [-0.4, -0.2) is 53.7 Å². The Morgan fingerprint density at radius 2 is 2.16 bits per heavy atom. The Labute approximate surface area is 111 Å². The van der Waals surface area contributed by atoms with E-state index in [0.29, 0.717) is 19.5 Å². The Morgan fingerprint density at radius 1 is 1.47 bits per heavy atom. The van der Waals surface area contributed by atoms with Crippen molar-refractivity contribution >= 4 is 18.0 Å². The van der Waals surface area contributed by atoms with Crippen molar-refractivity contribution in [3.05, 3.63) is 0 Å². The minimum atomic E-state index is -0.854. The van der Waals surface area contributed by atoms with Crippen LogP contribution in [0.15, 0.2) is 0 Å². The molecule has 0 aromatic heterocycles. The molecule has 2 atom stereocenters. The Hall–Kier alpha value is -1.79. The lowest BCUT2D eigenvalue weighted by atomic mass is 10.1. The van der Waals surface area contributed by atoms with Crippen molar-refractivity contribution in [3.8, 4) is 0 Å². The number of amides is 2. The summed E-state index contributed by atoms with van der Waals surface area (Å²) in [7, 11) is 0. The SMILES string of the molecule is CCOC(=O)C(C)NC(=O)N1CCC(CC(=O)O)C1. The zero-order chi connectivity index (χ0) is 14.4. The van der Waals surface area contributed by atoms with Gasteiger partial charge in [0.1, 0.15) is 6.04 Å². The maximum Gasteiger partial charge on any atom is 0.328 e. The van der Waals surface area contributed by atoms with Gasteiger partial charge in [-0.15, -0.1) is 0 Å². The Morgan fingerprint density at radius 3 is 2.74 bits per heavy atom. The predicted octanol–water partition coefficient (Wildman–Crippen LogP) is 0.444. The second kappa shape index (κ2) is 6.96. The molecule has 0 saturated carbocycles. The molecule has 1 fully saturated rings. The second-order valence-corrected chi connectivity index (χ2v) is 4.62. The van der Waals surface area contributed by atoms with E-state index in [9.17, 15) is 14.4 Å². The lowest BCUT2D eigenvalue weighted by Crippen LogP contribution is -2.46. The van der Waals surface area contributed by atoms with Crippen molar-refractivity contribution in [2.75, 3.05) is 19.7 Å². The van der Waals surface area contributed by atoms with Crippen LogP contribution in [0.4, 0.5) is 4.79 Å². The van der Waals surface area contributed by atoms with E-state index in [1.807, 2.05) is 0 Å². The number of ether oxygens (including phenoxy) is 1. The molecule has 1 heterocycles. The zero-order valence-electron chi connectivity index (χ0n) is 11.2. The lowest BCUT2D eigenvalue weighted by molar-refractivity contribution is -0.145. The number of hydrogen-bond acceptors (Lipinski definition) is 4. The number of rotatable bonds is 5. The smallest absolute Gasteiger partial charge is 0.328 e. The van der Waals surface area contributed by atoms with Gasteiger partial charge in [0.15, 0.2) is 0 Å². The minimum absolute atomic E-state index is 0.0128. The third-order valence-electron chi connectivity index (χ3n) is 3.02. The van der Waals surface area contributed by atoms with E-state index in [-0.39, 0.29) is 25.0 Å². The van der Waals surface area contributed by atoms with Crippen LogP contribution in [0.25, 0.3) is 0 Å². The molecule has 1 aliphatic rings. The number of nitrogens with zero attached hydrogens (tertiary/aromatic N) is 1. The van der Waals surface area contributed by atoms with Crippen molar-refractivity contribution in [1.29, 1.82) is 0 Å². The van der Waals surface area contributed by atoms with Gasteiger partial charge < -0.3 is 20.1 Å². The van der Waals surface area contributed by atoms with Crippen molar-refractivity contribution in [2.45, 2.75) is 32.7 Å². The van der Waals surface area contributed by atoms with Gasteiger partial charge in [-0.2, -0.15) is 0 Å². The maximum absolute atomic E-state index is 11.9. The summed E-state index contributed by atoms with van der Waals surface area (Å²) in [6.45, 7) is 4.44. The summed E-state index contributed by atoms with van der Waals surface area (Å²) >= 11 is 0. The molecule has 7 heteroatoms. The van der Waals surface area contributed by atoms with Crippen LogP contribution in [0.3, 0.4) is 0 Å². The number of nitrogens with one attached hydrogen (secondary N) is 1. The number of aliphatic carboxylic acids is 1. The predicted molar refractivity (Wildman–Crippen MR) is 66.6 cm³/mol. The van der Waals surface area contributed by atoms with Crippen molar-refractivity contribution in [1.82, 2.24) is 10.2 Å². The van der Waals surface area contributed by atoms with Crippen molar-refractivity contribution in [2.24, 2.45) is 5.92 Å². The number of carboxylic acid groups (broad SMARTS) is 1. The first-order valence-electron chi connectivity index (χ1n) is 6.37. The maximum atomic E-state index is 11.9. The largest absolute Gasteiger partial charge is 0.481 e. The van der Waals surface area contributed by atoms with Gasteiger partial charge in [0.05, 0.1) is 6.61 Å². The molecule has 2 unspecified atom stereocenters. The van der Waals surface area contributed by atoms with Gasteiger partial charge in [-0.25, -0.2) is 9.59 Å². The number of carbonyl (C=O) groups is 3. The van der Waals surface area contributed by atoms with E-state index in [4.69, 9.17) is 9.84 Å². The molecular weight excluding hydrogens is 252 g/mol. The second-order valence-electron chi connectivity index (χ2n) is 4.62. The fourth-order valence-electron chi connectivity index (χ4n) is 2.03. The molecule has 0 radical (unpaired) electrons. The molecule has 1 rings (SSSR count). The number of likely N-dealkylation sites (tertiary alicyclic amines) is 1. The summed E-state index contributed by atoms with van der Waals surface area (Å²) in [4.78, 5) is 35.3. The van der Waals surface area contributed by atoms with Gasteiger partial charge in [0, 0.05) is 19.5 Å². The monoisotopic (exact) mass is 272 g/mol. The van der Waals surface area contributed by atoms with E-state index in [0.717, 1.165) is 0 Å². The third kappa shape index (κ3) is 4.76. The molecule has 0 aliphatic carbocycles. The highest BCUT2D eigenvalue weighted by atomic mass is 16.5. The highest BCUT2D eigenvalue weighted by Crippen LogP contribution is 2.19. The van der Waals surface area contributed by atoms with Gasteiger partial charge in [0.25, 0.3) is 0 Å². The molecule has 108 valence electrons. The number of carbonyl (C=O) groups excluding carboxylic acids is 2. The fraction of sp³-hybridized carbons (Fsp3) is 0.750. The summed E-state index contributed by atoms with van der Waals surface area (Å²) in [5, 5.41) is 11.2. The van der Waals surface area contributed by atoms with Crippen LogP contribution in [-0.2, 0) is 14.3 Å². The summed E-state index contributed by atoms with van der Waals surface area (Å²) in [6.07, 6.45) is 0.741. The number of hydrogen-bond donors (Lipinski definition) is 2. The third-order valence-corrected chi connectivity index (χ3v) is 3.02. The van der Waals surface area contributed by atoms with Crippen molar-refractivity contribution < 1.29 is 24.2 Å². The van der Waals surface area contributed by atoms with Crippen LogP contribution >= 0.6 is 0 Å². The Kier molecular flexibility index (Phi) is 5.59. The van der Waals surface area contributed by atoms with Gasteiger partial charge in [-0.1, -0.05) is 0 Å². The molecule has 0 bridgehead atoms. The molecule has 0 aromatic rings. The van der Waals surface area contributed by atoms with Crippen LogP contribution in [0.1, 0.15) is 26.7 Å². The highest BCUT2D eigenvalue weighted by molar-refractivity contribution is 5.83. The molecular formula is C12H20N2O5. The van der Waals surface area contributed by atoms with Gasteiger partial charge in [-0.05, 0) is 26.2 Å². The molecule has 19 heavy (non-hydrogen) atoms. The standard InChI is InChI=1S/C12H20N2O5/c1-3-19-11(17)8(2)13-12(18)14-5-4-9(7-14)6-10(15)16/h8-9H,3-7H2,1-2H3,(H,13,18)(H,15,16). The van der Waals surface area contributed by atoms with E-state index in [1.165, 1.54) is 4.90 Å². The molecule has 2 N–H and O–H groups in total. The van der Waals surface area contributed by atoms with Gasteiger partial charge >= 0.3 is 18.0 Å². The molecule has 1 saturated heterocycles. The fourth-order valence-corrected chi connectivity index (χ4v) is 2.03. The average Bonchev–Trinajstić information content (AvgIpc) is 2.76. The van der Waals surface area contributed by atoms with Gasteiger partial charge in [0.2, 0.25) is 0 Å². The van der Waals surface area contributed by atoms with Crippen LogP contribution in [0.5, 0.6) is 0 Å². The number of esters is 1. The lowest BCUT2D eigenvalue weighted by Gasteiger charge is -2.20. The van der Waals surface area contributed by atoms with Crippen LogP contribution in [0, 0.1) is 5.92 Å². The summed E-state index contributed by atoms with van der Waals surface area (Å²) < 4.78 is 4.79. The van der Waals surface area contributed by atoms with E-state index in [2.05, 4.69) is 5.32 Å². The molecule has 7 nitrogen and oxygen atoms in total. The highest BCUT2D eigenvalue weighted by Gasteiger charge is 2.29. The molecule has 2 amide bonds. The number of urea groups is 1. The van der Waals surface area contributed by atoms with Crippen molar-refractivity contribution in [3.63, 3.8) is 0 Å². The summed E-state index contributed by atoms with van der Waals surface area (Å²) in [5.74, 6) is -1.34. The Balaban J connectivity index is 2.38. The topological polar surface area (TPSA) is 95.9 Å². The van der Waals surface area contributed by atoms with E-state index >= 15 is 0 Å². The quantitative estimate of drug-likeness (QED) is 0.708. The molecule has 0 spiro atoms. The molecule has 0 aromatic carbocycles. The Bertz CT molecular complexity index is 358.